The van der Waals surface area contributed by atoms with Crippen molar-refractivity contribution in [2.75, 3.05) is 26.4 Å². The molecule has 0 aliphatic carbocycles. The molecule has 1 atom stereocenters. The van der Waals surface area contributed by atoms with Gasteiger partial charge in [-0.15, -0.1) is 11.3 Å². The fourth-order valence-electron chi connectivity index (χ4n) is 2.56. The van der Waals surface area contributed by atoms with Gasteiger partial charge in [0.25, 0.3) is 0 Å². The minimum absolute atomic E-state index is 0.197. The van der Waals surface area contributed by atoms with Crippen LogP contribution in [0.25, 0.3) is 10.6 Å². The third-order valence-electron chi connectivity index (χ3n) is 3.68. The number of nitrogens with zero attached hydrogens (tertiary/aromatic N) is 4. The summed E-state index contributed by atoms with van der Waals surface area (Å²) in [6, 6.07) is 0.285. The number of aliphatic hydroxyl groups excluding tert-OH is 1. The van der Waals surface area contributed by atoms with Crippen LogP contribution in [0.1, 0.15) is 12.1 Å². The second-order valence-electron chi connectivity index (χ2n) is 5.26. The van der Waals surface area contributed by atoms with E-state index in [9.17, 15) is 0 Å². The molecule has 2 aromatic heterocycles. The summed E-state index contributed by atoms with van der Waals surface area (Å²) in [6.45, 7) is 3.35. The van der Waals surface area contributed by atoms with Gasteiger partial charge in [-0.2, -0.15) is 5.10 Å². The lowest BCUT2D eigenvalue weighted by atomic mass is 10.1. The predicted molar refractivity (Wildman–Crippen MR) is 81.0 cm³/mol. The predicted octanol–water partition coefficient (Wildman–Crippen LogP) is 1.13. The Morgan fingerprint density at radius 3 is 3.19 bits per heavy atom. The van der Waals surface area contributed by atoms with Crippen molar-refractivity contribution in [1.29, 1.82) is 0 Å². The average molecular weight is 308 g/mol. The molecule has 1 saturated heterocycles. The van der Waals surface area contributed by atoms with E-state index < -0.39 is 0 Å². The number of rotatable bonds is 5. The lowest BCUT2D eigenvalue weighted by Gasteiger charge is -2.34. The number of hydrogen-bond donors (Lipinski definition) is 1. The Morgan fingerprint density at radius 2 is 2.43 bits per heavy atom. The highest BCUT2D eigenvalue weighted by Crippen LogP contribution is 2.24. The Bertz CT molecular complexity index is 581. The SMILES string of the molecule is Cn1cc(-c2nc(CN3CCOCC3CCO)cs2)cn1. The van der Waals surface area contributed by atoms with Crippen LogP contribution in [0.4, 0.5) is 0 Å². The molecule has 0 radical (unpaired) electrons. The standard InChI is InChI=1S/C14H20N4O2S/c1-17-7-11(6-15-17)14-16-12(10-21-14)8-18-3-5-20-9-13(18)2-4-19/h6-7,10,13,19H,2-5,8-9H2,1H3. The van der Waals surface area contributed by atoms with Crippen molar-refractivity contribution in [2.45, 2.75) is 19.0 Å². The fraction of sp³-hybridized carbons (Fsp3) is 0.571. The molecule has 1 aliphatic heterocycles. The van der Waals surface area contributed by atoms with Gasteiger partial charge in [0.05, 0.1) is 25.1 Å². The van der Waals surface area contributed by atoms with E-state index in [1.54, 1.807) is 16.0 Å². The number of thiazole rings is 1. The van der Waals surface area contributed by atoms with Crippen LogP contribution in [0, 0.1) is 0 Å². The number of hydrogen-bond acceptors (Lipinski definition) is 6. The quantitative estimate of drug-likeness (QED) is 0.897. The van der Waals surface area contributed by atoms with Crippen LogP contribution in [0.2, 0.25) is 0 Å². The molecule has 6 nitrogen and oxygen atoms in total. The van der Waals surface area contributed by atoms with Gasteiger partial charge >= 0.3 is 0 Å². The lowest BCUT2D eigenvalue weighted by Crippen LogP contribution is -2.45. The normalized spacial score (nSPS) is 20.0. The number of ether oxygens (including phenoxy) is 1. The molecule has 0 aromatic carbocycles. The second-order valence-corrected chi connectivity index (χ2v) is 6.12. The van der Waals surface area contributed by atoms with Crippen LogP contribution in [0.3, 0.4) is 0 Å². The zero-order valence-electron chi connectivity index (χ0n) is 12.1. The van der Waals surface area contributed by atoms with Crippen molar-refractivity contribution in [2.24, 2.45) is 7.05 Å². The molecule has 2 aromatic rings. The Balaban J connectivity index is 1.68. The largest absolute Gasteiger partial charge is 0.396 e. The van der Waals surface area contributed by atoms with Gasteiger partial charge < -0.3 is 9.84 Å². The zero-order valence-corrected chi connectivity index (χ0v) is 12.9. The maximum atomic E-state index is 9.15. The van der Waals surface area contributed by atoms with Crippen molar-refractivity contribution in [3.8, 4) is 10.6 Å². The summed E-state index contributed by atoms with van der Waals surface area (Å²) < 4.78 is 7.29. The van der Waals surface area contributed by atoms with Crippen molar-refractivity contribution < 1.29 is 9.84 Å². The number of aryl methyl sites for hydroxylation is 1. The highest BCUT2D eigenvalue weighted by atomic mass is 32.1. The fourth-order valence-corrected chi connectivity index (χ4v) is 3.35. The van der Waals surface area contributed by atoms with Crippen LogP contribution in [-0.2, 0) is 18.3 Å². The molecule has 1 N–H and O–H groups in total. The number of aromatic nitrogens is 3. The van der Waals surface area contributed by atoms with E-state index >= 15 is 0 Å². The van der Waals surface area contributed by atoms with Gasteiger partial charge in [-0.3, -0.25) is 9.58 Å². The molecule has 114 valence electrons. The minimum atomic E-state index is 0.197. The Labute approximate surface area is 128 Å². The molecule has 1 unspecified atom stereocenters. The maximum Gasteiger partial charge on any atom is 0.126 e. The van der Waals surface area contributed by atoms with Crippen LogP contribution in [-0.4, -0.2) is 57.2 Å². The molecule has 0 spiro atoms. The molecule has 0 amide bonds. The average Bonchev–Trinajstić information content (AvgIpc) is 3.10. The first-order chi connectivity index (χ1) is 10.3. The van der Waals surface area contributed by atoms with E-state index in [4.69, 9.17) is 14.8 Å². The zero-order chi connectivity index (χ0) is 14.7. The number of morpholine rings is 1. The first-order valence-corrected chi connectivity index (χ1v) is 8.00. The van der Waals surface area contributed by atoms with E-state index in [2.05, 4.69) is 15.4 Å². The van der Waals surface area contributed by atoms with Crippen LogP contribution in [0.5, 0.6) is 0 Å². The van der Waals surface area contributed by atoms with Crippen molar-refractivity contribution in [3.05, 3.63) is 23.5 Å². The van der Waals surface area contributed by atoms with Gasteiger partial charge in [-0.25, -0.2) is 4.98 Å². The van der Waals surface area contributed by atoms with Crippen LogP contribution >= 0.6 is 11.3 Å². The van der Waals surface area contributed by atoms with Crippen LogP contribution < -0.4 is 0 Å². The molecular weight excluding hydrogens is 288 g/mol. The molecule has 1 aliphatic rings. The lowest BCUT2D eigenvalue weighted by molar-refractivity contribution is -0.0199. The first-order valence-electron chi connectivity index (χ1n) is 7.12. The molecule has 1 fully saturated rings. The molecule has 0 saturated carbocycles. The number of aliphatic hydroxyl groups is 1. The summed E-state index contributed by atoms with van der Waals surface area (Å²) in [5.41, 5.74) is 2.13. The summed E-state index contributed by atoms with van der Waals surface area (Å²) in [5, 5.41) is 16.4. The minimum Gasteiger partial charge on any atom is -0.396 e. The Kier molecular flexibility index (Phi) is 4.64. The molecular formula is C14H20N4O2S. The third kappa shape index (κ3) is 3.49. The monoisotopic (exact) mass is 308 g/mol. The first kappa shape index (κ1) is 14.6. The van der Waals surface area contributed by atoms with Gasteiger partial charge in [0.15, 0.2) is 0 Å². The smallest absolute Gasteiger partial charge is 0.126 e. The Morgan fingerprint density at radius 1 is 1.52 bits per heavy atom. The van der Waals surface area contributed by atoms with Gasteiger partial charge in [0, 0.05) is 49.9 Å². The highest BCUT2D eigenvalue weighted by Gasteiger charge is 2.23. The summed E-state index contributed by atoms with van der Waals surface area (Å²) in [7, 11) is 1.91. The van der Waals surface area contributed by atoms with E-state index in [-0.39, 0.29) is 12.6 Å². The molecule has 7 heteroatoms. The highest BCUT2D eigenvalue weighted by molar-refractivity contribution is 7.13. The van der Waals surface area contributed by atoms with Crippen molar-refractivity contribution >= 4 is 11.3 Å². The van der Waals surface area contributed by atoms with Gasteiger partial charge in [0.2, 0.25) is 0 Å². The molecule has 3 rings (SSSR count). The van der Waals surface area contributed by atoms with E-state index in [1.807, 2.05) is 19.4 Å². The van der Waals surface area contributed by atoms with Crippen molar-refractivity contribution in [3.63, 3.8) is 0 Å². The summed E-state index contributed by atoms with van der Waals surface area (Å²) in [5.74, 6) is 0. The summed E-state index contributed by atoms with van der Waals surface area (Å²) in [6.07, 6.45) is 4.57. The van der Waals surface area contributed by atoms with E-state index in [0.29, 0.717) is 6.61 Å². The maximum absolute atomic E-state index is 9.15. The third-order valence-corrected chi connectivity index (χ3v) is 4.62. The van der Waals surface area contributed by atoms with E-state index in [1.165, 1.54) is 0 Å². The molecule has 3 heterocycles. The Hall–Kier alpha value is -1.28. The molecule has 0 bridgehead atoms. The topological polar surface area (TPSA) is 63.4 Å². The molecule has 21 heavy (non-hydrogen) atoms. The van der Waals surface area contributed by atoms with Gasteiger partial charge in [-0.1, -0.05) is 0 Å². The van der Waals surface area contributed by atoms with E-state index in [0.717, 1.165) is 42.4 Å². The van der Waals surface area contributed by atoms with Crippen LogP contribution in [0.15, 0.2) is 17.8 Å². The second kappa shape index (κ2) is 6.65. The summed E-state index contributed by atoms with van der Waals surface area (Å²) >= 11 is 1.65. The van der Waals surface area contributed by atoms with Gasteiger partial charge in [0.1, 0.15) is 5.01 Å². The summed E-state index contributed by atoms with van der Waals surface area (Å²) in [4.78, 5) is 7.05. The van der Waals surface area contributed by atoms with Gasteiger partial charge in [-0.05, 0) is 6.42 Å². The van der Waals surface area contributed by atoms with Crippen molar-refractivity contribution in [1.82, 2.24) is 19.7 Å².